The van der Waals surface area contributed by atoms with Gasteiger partial charge in [-0.25, -0.2) is 4.39 Å². The molecule has 0 aromatic heterocycles. The molecule has 0 unspecified atom stereocenters. The van der Waals surface area contributed by atoms with Gasteiger partial charge in [-0.05, 0) is 32.1 Å². The maximum absolute atomic E-state index is 13.2. The third-order valence-electron chi connectivity index (χ3n) is 2.23. The van der Waals surface area contributed by atoms with E-state index in [2.05, 4.69) is 17.6 Å². The highest BCUT2D eigenvalue weighted by molar-refractivity contribution is 5.16. The molecule has 1 aromatic rings. The molecule has 2 nitrogen and oxygen atoms in total. The average molecular weight is 210 g/mol. The summed E-state index contributed by atoms with van der Waals surface area (Å²) < 4.78 is 13.2. The molecule has 84 valence electrons. The number of hydrogen-bond donors (Lipinski definition) is 2. The molecule has 0 aliphatic rings. The number of rotatable bonds is 7. The highest BCUT2D eigenvalue weighted by Gasteiger charge is 1.98. The summed E-state index contributed by atoms with van der Waals surface area (Å²) in [5, 5.41) is 6.47. The maximum atomic E-state index is 13.2. The van der Waals surface area contributed by atoms with Crippen molar-refractivity contribution in [1.29, 1.82) is 0 Å². The first-order valence-corrected chi connectivity index (χ1v) is 5.49. The van der Waals surface area contributed by atoms with E-state index >= 15 is 0 Å². The van der Waals surface area contributed by atoms with Crippen LogP contribution < -0.4 is 10.6 Å². The lowest BCUT2D eigenvalue weighted by Crippen LogP contribution is -2.21. The van der Waals surface area contributed by atoms with Crippen LogP contribution >= 0.6 is 0 Å². The summed E-state index contributed by atoms with van der Waals surface area (Å²) >= 11 is 0. The zero-order valence-corrected chi connectivity index (χ0v) is 9.22. The van der Waals surface area contributed by atoms with Crippen molar-refractivity contribution in [1.82, 2.24) is 10.6 Å². The van der Waals surface area contributed by atoms with Crippen LogP contribution in [0.4, 0.5) is 4.39 Å². The first-order valence-electron chi connectivity index (χ1n) is 5.49. The third kappa shape index (κ3) is 4.91. The largest absolute Gasteiger partial charge is 0.317 e. The predicted molar refractivity (Wildman–Crippen MR) is 61.3 cm³/mol. The van der Waals surface area contributed by atoms with E-state index in [-0.39, 0.29) is 5.82 Å². The summed E-state index contributed by atoms with van der Waals surface area (Å²) in [4.78, 5) is 0. The summed E-state index contributed by atoms with van der Waals surface area (Å²) in [5.74, 6) is -0.128. The average Bonchev–Trinajstić information content (AvgIpc) is 2.25. The number of halogens is 1. The van der Waals surface area contributed by atoms with Gasteiger partial charge in [0, 0.05) is 12.1 Å². The van der Waals surface area contributed by atoms with E-state index in [4.69, 9.17) is 0 Å². The zero-order chi connectivity index (χ0) is 10.9. The van der Waals surface area contributed by atoms with Crippen molar-refractivity contribution in [2.24, 2.45) is 0 Å². The van der Waals surface area contributed by atoms with Gasteiger partial charge in [0.05, 0.1) is 0 Å². The van der Waals surface area contributed by atoms with Gasteiger partial charge in [0.15, 0.2) is 0 Å². The van der Waals surface area contributed by atoms with Gasteiger partial charge in [0.2, 0.25) is 0 Å². The van der Waals surface area contributed by atoms with E-state index in [1.54, 1.807) is 6.07 Å². The molecule has 0 bridgehead atoms. The van der Waals surface area contributed by atoms with E-state index in [1.165, 1.54) is 6.07 Å². The second kappa shape index (κ2) is 7.37. The molecule has 0 saturated carbocycles. The molecule has 0 aliphatic carbocycles. The number of nitrogens with one attached hydrogen (secondary N) is 2. The molecule has 3 heteroatoms. The third-order valence-corrected chi connectivity index (χ3v) is 2.23. The Balaban J connectivity index is 2.12. The standard InChI is InChI=1S/C12H19FN2/c1-2-14-8-5-9-15-10-11-6-3-4-7-12(11)13/h3-4,6-7,14-15H,2,5,8-10H2,1H3. The second-order valence-corrected chi connectivity index (χ2v) is 3.48. The maximum Gasteiger partial charge on any atom is 0.127 e. The summed E-state index contributed by atoms with van der Waals surface area (Å²) in [6, 6.07) is 6.88. The summed E-state index contributed by atoms with van der Waals surface area (Å²) in [6.45, 7) is 5.64. The van der Waals surface area contributed by atoms with Gasteiger partial charge in [0.1, 0.15) is 5.82 Å². The first kappa shape index (κ1) is 12.1. The Morgan fingerprint density at radius 2 is 1.87 bits per heavy atom. The monoisotopic (exact) mass is 210 g/mol. The molecular weight excluding hydrogens is 191 g/mol. The highest BCUT2D eigenvalue weighted by Crippen LogP contribution is 2.04. The van der Waals surface area contributed by atoms with Crippen LogP contribution in [0, 0.1) is 5.82 Å². The van der Waals surface area contributed by atoms with Gasteiger partial charge in [-0.1, -0.05) is 25.1 Å². The molecule has 15 heavy (non-hydrogen) atoms. The highest BCUT2D eigenvalue weighted by atomic mass is 19.1. The molecule has 1 aromatic carbocycles. The normalized spacial score (nSPS) is 10.5. The van der Waals surface area contributed by atoms with Crippen LogP contribution in [0.3, 0.4) is 0 Å². The summed E-state index contributed by atoms with van der Waals surface area (Å²) in [7, 11) is 0. The molecule has 0 atom stereocenters. The number of hydrogen-bond acceptors (Lipinski definition) is 2. The van der Waals surface area contributed by atoms with Crippen molar-refractivity contribution < 1.29 is 4.39 Å². The van der Waals surface area contributed by atoms with Gasteiger partial charge in [-0.15, -0.1) is 0 Å². The summed E-state index contributed by atoms with van der Waals surface area (Å²) in [6.07, 6.45) is 1.07. The molecule has 2 N–H and O–H groups in total. The topological polar surface area (TPSA) is 24.1 Å². The Morgan fingerprint density at radius 3 is 2.60 bits per heavy atom. The van der Waals surface area contributed by atoms with E-state index in [0.29, 0.717) is 6.54 Å². The van der Waals surface area contributed by atoms with Crippen LogP contribution in [0.25, 0.3) is 0 Å². The second-order valence-electron chi connectivity index (χ2n) is 3.48. The van der Waals surface area contributed by atoms with Gasteiger partial charge in [-0.3, -0.25) is 0 Å². The van der Waals surface area contributed by atoms with Gasteiger partial charge >= 0.3 is 0 Å². The van der Waals surface area contributed by atoms with Crippen LogP contribution in [0.2, 0.25) is 0 Å². The molecular formula is C12H19FN2. The van der Waals surface area contributed by atoms with Crippen molar-refractivity contribution >= 4 is 0 Å². The van der Waals surface area contributed by atoms with E-state index in [1.807, 2.05) is 12.1 Å². The summed E-state index contributed by atoms with van der Waals surface area (Å²) in [5.41, 5.74) is 0.737. The molecule has 0 aliphatic heterocycles. The van der Waals surface area contributed by atoms with Crippen LogP contribution in [0.5, 0.6) is 0 Å². The Bertz CT molecular complexity index is 276. The van der Waals surface area contributed by atoms with Crippen LogP contribution in [0.15, 0.2) is 24.3 Å². The lowest BCUT2D eigenvalue weighted by Gasteiger charge is -2.05. The smallest absolute Gasteiger partial charge is 0.127 e. The Morgan fingerprint density at radius 1 is 1.13 bits per heavy atom. The fourth-order valence-corrected chi connectivity index (χ4v) is 1.38. The van der Waals surface area contributed by atoms with Gasteiger partial charge in [-0.2, -0.15) is 0 Å². The predicted octanol–water partition coefficient (Wildman–Crippen LogP) is 1.91. The van der Waals surface area contributed by atoms with Crippen LogP contribution in [0.1, 0.15) is 18.9 Å². The lowest BCUT2D eigenvalue weighted by molar-refractivity contribution is 0.571. The Hall–Kier alpha value is -0.930. The van der Waals surface area contributed by atoms with Crippen LogP contribution in [-0.2, 0) is 6.54 Å². The van der Waals surface area contributed by atoms with Crippen LogP contribution in [-0.4, -0.2) is 19.6 Å². The van der Waals surface area contributed by atoms with Crippen molar-refractivity contribution in [2.45, 2.75) is 19.9 Å². The van der Waals surface area contributed by atoms with E-state index in [0.717, 1.165) is 31.6 Å². The van der Waals surface area contributed by atoms with E-state index in [9.17, 15) is 4.39 Å². The number of benzene rings is 1. The fraction of sp³-hybridized carbons (Fsp3) is 0.500. The fourth-order valence-electron chi connectivity index (χ4n) is 1.38. The van der Waals surface area contributed by atoms with Gasteiger partial charge in [0.25, 0.3) is 0 Å². The first-order chi connectivity index (χ1) is 7.34. The molecule has 0 saturated heterocycles. The van der Waals surface area contributed by atoms with Crippen molar-refractivity contribution in [3.8, 4) is 0 Å². The molecule has 0 heterocycles. The molecule has 0 fully saturated rings. The Kier molecular flexibility index (Phi) is 5.97. The van der Waals surface area contributed by atoms with Crippen molar-refractivity contribution in [3.63, 3.8) is 0 Å². The minimum atomic E-state index is -0.128. The van der Waals surface area contributed by atoms with Crippen molar-refractivity contribution in [2.75, 3.05) is 19.6 Å². The Labute approximate surface area is 90.9 Å². The molecule has 0 spiro atoms. The molecule has 0 amide bonds. The van der Waals surface area contributed by atoms with Gasteiger partial charge < -0.3 is 10.6 Å². The quantitative estimate of drug-likeness (QED) is 0.672. The SMILES string of the molecule is CCNCCCNCc1ccccc1F. The lowest BCUT2D eigenvalue weighted by atomic mass is 10.2. The van der Waals surface area contributed by atoms with E-state index < -0.39 is 0 Å². The molecule has 0 radical (unpaired) electrons. The molecule has 1 rings (SSSR count). The zero-order valence-electron chi connectivity index (χ0n) is 9.22. The minimum Gasteiger partial charge on any atom is -0.317 e. The minimum absolute atomic E-state index is 0.128. The van der Waals surface area contributed by atoms with Crippen molar-refractivity contribution in [3.05, 3.63) is 35.6 Å².